The van der Waals surface area contributed by atoms with E-state index < -0.39 is 11.8 Å². The van der Waals surface area contributed by atoms with E-state index in [1.165, 1.54) is 6.07 Å². The third-order valence-corrected chi connectivity index (χ3v) is 5.70. The average molecular weight is 419 g/mol. The third-order valence-electron chi connectivity index (χ3n) is 5.39. The lowest BCUT2D eigenvalue weighted by Crippen LogP contribution is -2.39. The molecule has 1 aliphatic heterocycles. The summed E-state index contributed by atoms with van der Waals surface area (Å²) in [5, 5.41) is 13.9. The molecule has 0 spiro atoms. The molecule has 0 unspecified atom stereocenters. The molecule has 3 heterocycles. The van der Waals surface area contributed by atoms with E-state index in [2.05, 4.69) is 10.1 Å². The van der Waals surface area contributed by atoms with E-state index >= 15 is 4.39 Å². The molecule has 1 aromatic carbocycles. The molecule has 7 nitrogen and oxygen atoms in total. The molecule has 0 saturated carbocycles. The summed E-state index contributed by atoms with van der Waals surface area (Å²) in [6.45, 7) is 1.54. The number of carbonyl (C=O) groups is 2. The molecule has 0 bridgehead atoms. The van der Waals surface area contributed by atoms with Gasteiger partial charge in [-0.1, -0.05) is 11.6 Å². The maximum absolute atomic E-state index is 15.2. The molecule has 1 aliphatic rings. The summed E-state index contributed by atoms with van der Waals surface area (Å²) in [5.41, 5.74) is 0.384. The SMILES string of the molecule is O=C(O)c1cc2c(Cl)cc([C@H]3CCCN(C(=O)CCn4cccn4)C3)c(F)c2[nH]1. The number of carboxylic acids is 1. The van der Waals surface area contributed by atoms with E-state index in [4.69, 9.17) is 16.7 Å². The lowest BCUT2D eigenvalue weighted by molar-refractivity contribution is -0.132. The number of hydrogen-bond donors (Lipinski definition) is 2. The molecule has 1 saturated heterocycles. The number of H-pyrrole nitrogens is 1. The smallest absolute Gasteiger partial charge is 0.352 e. The fourth-order valence-electron chi connectivity index (χ4n) is 3.91. The number of aromatic carboxylic acids is 1. The van der Waals surface area contributed by atoms with Gasteiger partial charge in [0.05, 0.1) is 10.5 Å². The Labute approximate surface area is 171 Å². The number of hydrogen-bond acceptors (Lipinski definition) is 3. The Kier molecular flexibility index (Phi) is 5.27. The van der Waals surface area contributed by atoms with Crippen molar-refractivity contribution < 1.29 is 19.1 Å². The van der Waals surface area contributed by atoms with Gasteiger partial charge in [-0.25, -0.2) is 9.18 Å². The first-order chi connectivity index (χ1) is 13.9. The van der Waals surface area contributed by atoms with E-state index in [0.29, 0.717) is 42.0 Å². The third kappa shape index (κ3) is 3.85. The van der Waals surface area contributed by atoms with E-state index in [1.54, 1.807) is 34.1 Å². The number of aromatic nitrogens is 3. The molecule has 1 amide bonds. The van der Waals surface area contributed by atoms with E-state index in [9.17, 15) is 9.59 Å². The van der Waals surface area contributed by atoms with Crippen molar-refractivity contribution in [2.75, 3.05) is 13.1 Å². The first kappa shape index (κ1) is 19.4. The maximum Gasteiger partial charge on any atom is 0.352 e. The number of fused-ring (bicyclic) bond motifs is 1. The largest absolute Gasteiger partial charge is 0.477 e. The van der Waals surface area contributed by atoms with Crippen LogP contribution in [0.1, 0.15) is 41.2 Å². The van der Waals surface area contributed by atoms with Gasteiger partial charge >= 0.3 is 5.97 Å². The summed E-state index contributed by atoms with van der Waals surface area (Å²) in [6, 6.07) is 4.69. The molecular formula is C20H20ClFN4O3. The summed E-state index contributed by atoms with van der Waals surface area (Å²) in [6.07, 6.45) is 5.29. The number of likely N-dealkylation sites (tertiary alicyclic amines) is 1. The van der Waals surface area contributed by atoms with Gasteiger partial charge in [-0.2, -0.15) is 5.10 Å². The minimum absolute atomic E-state index is 0.00539. The van der Waals surface area contributed by atoms with Crippen molar-refractivity contribution in [3.05, 3.63) is 52.7 Å². The van der Waals surface area contributed by atoms with Gasteiger partial charge in [-0.15, -0.1) is 0 Å². The Morgan fingerprint density at radius 2 is 2.21 bits per heavy atom. The van der Waals surface area contributed by atoms with Gasteiger partial charge in [-0.3, -0.25) is 9.48 Å². The van der Waals surface area contributed by atoms with Crippen LogP contribution in [0, 0.1) is 5.82 Å². The van der Waals surface area contributed by atoms with Crippen LogP contribution in [0.15, 0.2) is 30.6 Å². The maximum atomic E-state index is 15.2. The predicted octanol–water partition coefficient (Wildman–Crippen LogP) is 3.65. The minimum atomic E-state index is -1.18. The van der Waals surface area contributed by atoms with Gasteiger partial charge in [0.1, 0.15) is 5.69 Å². The standard InChI is InChI=1S/C20H20ClFN4O3/c21-15-9-13(18(22)19-14(15)10-16(24-19)20(28)29)12-3-1-6-25(11-12)17(27)4-8-26-7-2-5-23-26/h2,5,7,9-10,12,24H,1,3-4,6,8,11H2,(H,28,29)/t12-/m0/s1. The highest BCUT2D eigenvalue weighted by Crippen LogP contribution is 2.36. The zero-order chi connectivity index (χ0) is 20.5. The normalized spacial score (nSPS) is 17.0. The predicted molar refractivity (Wildman–Crippen MR) is 106 cm³/mol. The fraction of sp³-hybridized carbons (Fsp3) is 0.350. The monoisotopic (exact) mass is 418 g/mol. The van der Waals surface area contributed by atoms with Crippen LogP contribution in [0.4, 0.5) is 4.39 Å². The Balaban J connectivity index is 1.54. The van der Waals surface area contributed by atoms with E-state index in [1.807, 2.05) is 0 Å². The highest BCUT2D eigenvalue weighted by atomic mass is 35.5. The second kappa shape index (κ2) is 7.87. The summed E-state index contributed by atoms with van der Waals surface area (Å²) in [7, 11) is 0. The molecule has 3 aromatic rings. The van der Waals surface area contributed by atoms with E-state index in [0.717, 1.165) is 12.8 Å². The summed E-state index contributed by atoms with van der Waals surface area (Å²) in [5.74, 6) is -1.88. The summed E-state index contributed by atoms with van der Waals surface area (Å²) >= 11 is 6.31. The Bertz CT molecular complexity index is 1060. The zero-order valence-corrected chi connectivity index (χ0v) is 16.3. The lowest BCUT2D eigenvalue weighted by Gasteiger charge is -2.33. The molecule has 29 heavy (non-hydrogen) atoms. The zero-order valence-electron chi connectivity index (χ0n) is 15.6. The second-order valence-corrected chi connectivity index (χ2v) is 7.64. The molecule has 2 aromatic heterocycles. The minimum Gasteiger partial charge on any atom is -0.477 e. The van der Waals surface area contributed by atoms with Gasteiger partial charge in [0.25, 0.3) is 0 Å². The van der Waals surface area contributed by atoms with Crippen molar-refractivity contribution in [2.24, 2.45) is 0 Å². The highest BCUT2D eigenvalue weighted by Gasteiger charge is 2.28. The van der Waals surface area contributed by atoms with Gasteiger partial charge < -0.3 is 15.0 Å². The van der Waals surface area contributed by atoms with Crippen molar-refractivity contribution in [3.63, 3.8) is 0 Å². The van der Waals surface area contributed by atoms with E-state index in [-0.39, 0.29) is 23.0 Å². The van der Waals surface area contributed by atoms with Crippen molar-refractivity contribution in [3.8, 4) is 0 Å². The number of carboxylic acid groups (broad SMARTS) is 1. The highest BCUT2D eigenvalue weighted by molar-refractivity contribution is 6.35. The Hall–Kier alpha value is -2.87. The van der Waals surface area contributed by atoms with Crippen molar-refractivity contribution in [1.29, 1.82) is 0 Å². The molecule has 0 radical (unpaired) electrons. The van der Waals surface area contributed by atoms with Crippen LogP contribution in [0.5, 0.6) is 0 Å². The fourth-order valence-corrected chi connectivity index (χ4v) is 4.18. The van der Waals surface area contributed by atoms with Gasteiger partial charge in [0.15, 0.2) is 5.82 Å². The van der Waals surface area contributed by atoms with Crippen LogP contribution in [-0.4, -0.2) is 49.7 Å². The molecule has 9 heteroatoms. The lowest BCUT2D eigenvalue weighted by atomic mass is 9.89. The first-order valence-corrected chi connectivity index (χ1v) is 9.81. The van der Waals surface area contributed by atoms with Gasteiger partial charge in [0.2, 0.25) is 5.91 Å². The van der Waals surface area contributed by atoms with Crippen LogP contribution < -0.4 is 0 Å². The van der Waals surface area contributed by atoms with Crippen LogP contribution in [-0.2, 0) is 11.3 Å². The number of aryl methyl sites for hydroxylation is 1. The first-order valence-electron chi connectivity index (χ1n) is 9.43. The number of piperidine rings is 1. The molecule has 1 atom stereocenters. The quantitative estimate of drug-likeness (QED) is 0.661. The van der Waals surface area contributed by atoms with Crippen molar-refractivity contribution in [2.45, 2.75) is 31.7 Å². The number of amides is 1. The van der Waals surface area contributed by atoms with Crippen LogP contribution in [0.3, 0.4) is 0 Å². The Morgan fingerprint density at radius 3 is 2.93 bits per heavy atom. The summed E-state index contributed by atoms with van der Waals surface area (Å²) in [4.78, 5) is 28.2. The Morgan fingerprint density at radius 1 is 1.38 bits per heavy atom. The molecule has 2 N–H and O–H groups in total. The van der Waals surface area contributed by atoms with Crippen molar-refractivity contribution in [1.82, 2.24) is 19.7 Å². The van der Waals surface area contributed by atoms with Crippen LogP contribution in [0.2, 0.25) is 5.02 Å². The average Bonchev–Trinajstić information content (AvgIpc) is 3.39. The van der Waals surface area contributed by atoms with Gasteiger partial charge in [0, 0.05) is 49.8 Å². The van der Waals surface area contributed by atoms with Crippen LogP contribution >= 0.6 is 11.6 Å². The number of rotatable bonds is 5. The second-order valence-electron chi connectivity index (χ2n) is 7.24. The number of nitrogens with zero attached hydrogens (tertiary/aromatic N) is 3. The molecule has 1 fully saturated rings. The number of nitrogens with one attached hydrogen (secondary N) is 1. The molecular weight excluding hydrogens is 399 g/mol. The summed E-state index contributed by atoms with van der Waals surface area (Å²) < 4.78 is 16.9. The van der Waals surface area contributed by atoms with Gasteiger partial charge in [-0.05, 0) is 36.6 Å². The molecule has 4 rings (SSSR count). The van der Waals surface area contributed by atoms with Crippen molar-refractivity contribution >= 4 is 34.4 Å². The molecule has 152 valence electrons. The number of aromatic amines is 1. The topological polar surface area (TPSA) is 91.2 Å². The van der Waals surface area contributed by atoms with Crippen LogP contribution in [0.25, 0.3) is 10.9 Å². The number of halogens is 2. The number of benzene rings is 1. The molecule has 0 aliphatic carbocycles. The number of carbonyl (C=O) groups excluding carboxylic acids is 1.